The zero-order valence-electron chi connectivity index (χ0n) is 11.6. The van der Waals surface area contributed by atoms with Crippen LogP contribution in [0.2, 0.25) is 0 Å². The number of carbonyl (C=O) groups is 1. The standard InChI is InChI=1S/C15H20BrNO2/c1-10(2)17(13-6-7-13)15(18)11(3)19-14-8-4-12(16)5-9-14/h4-5,8-11,13H,6-7H2,1-3H3. The Bertz CT molecular complexity index is 438. The highest BCUT2D eigenvalue weighted by atomic mass is 79.9. The summed E-state index contributed by atoms with van der Waals surface area (Å²) < 4.78 is 6.73. The molecule has 0 heterocycles. The van der Waals surface area contributed by atoms with Gasteiger partial charge in [-0.25, -0.2) is 0 Å². The predicted octanol–water partition coefficient (Wildman–Crippen LogP) is 3.62. The average Bonchev–Trinajstić information content (AvgIpc) is 3.16. The number of ether oxygens (including phenoxy) is 1. The molecule has 4 heteroatoms. The summed E-state index contributed by atoms with van der Waals surface area (Å²) in [5.74, 6) is 0.809. The molecule has 104 valence electrons. The molecule has 1 aliphatic rings. The second-order valence-corrected chi connectivity index (χ2v) is 6.20. The monoisotopic (exact) mass is 325 g/mol. The van der Waals surface area contributed by atoms with E-state index in [1.807, 2.05) is 36.1 Å². The number of hydrogen-bond donors (Lipinski definition) is 0. The van der Waals surface area contributed by atoms with Crippen LogP contribution in [0.4, 0.5) is 0 Å². The molecule has 3 nitrogen and oxygen atoms in total. The van der Waals surface area contributed by atoms with E-state index < -0.39 is 6.10 Å². The van der Waals surface area contributed by atoms with Gasteiger partial charge in [0.15, 0.2) is 6.10 Å². The number of hydrogen-bond acceptors (Lipinski definition) is 2. The highest BCUT2D eigenvalue weighted by Crippen LogP contribution is 2.29. The van der Waals surface area contributed by atoms with Crippen LogP contribution in [0.5, 0.6) is 5.75 Å². The summed E-state index contributed by atoms with van der Waals surface area (Å²) >= 11 is 3.38. The molecule has 1 aromatic carbocycles. The van der Waals surface area contributed by atoms with Gasteiger partial charge in [0.25, 0.3) is 5.91 Å². The van der Waals surface area contributed by atoms with E-state index in [0.717, 1.165) is 23.1 Å². The molecule has 1 aliphatic carbocycles. The minimum absolute atomic E-state index is 0.0837. The quantitative estimate of drug-likeness (QED) is 0.827. The lowest BCUT2D eigenvalue weighted by molar-refractivity contribution is -0.140. The van der Waals surface area contributed by atoms with Crippen molar-refractivity contribution >= 4 is 21.8 Å². The third-order valence-corrected chi connectivity index (χ3v) is 3.75. The van der Waals surface area contributed by atoms with Gasteiger partial charge in [0.1, 0.15) is 5.75 Å². The van der Waals surface area contributed by atoms with Gasteiger partial charge >= 0.3 is 0 Å². The molecular weight excluding hydrogens is 306 g/mol. The molecule has 1 saturated carbocycles. The minimum atomic E-state index is -0.441. The van der Waals surface area contributed by atoms with Crippen LogP contribution in [-0.4, -0.2) is 29.0 Å². The van der Waals surface area contributed by atoms with Crippen molar-refractivity contribution in [2.24, 2.45) is 0 Å². The zero-order chi connectivity index (χ0) is 14.0. The highest BCUT2D eigenvalue weighted by molar-refractivity contribution is 9.10. The number of rotatable bonds is 5. The van der Waals surface area contributed by atoms with Gasteiger partial charge < -0.3 is 9.64 Å². The summed E-state index contributed by atoms with van der Waals surface area (Å²) in [4.78, 5) is 14.4. The van der Waals surface area contributed by atoms with Gasteiger partial charge in [-0.1, -0.05) is 15.9 Å². The Labute approximate surface area is 123 Å². The zero-order valence-corrected chi connectivity index (χ0v) is 13.2. The van der Waals surface area contributed by atoms with Gasteiger partial charge in [-0.05, 0) is 57.9 Å². The minimum Gasteiger partial charge on any atom is -0.481 e. The number of amides is 1. The van der Waals surface area contributed by atoms with Gasteiger partial charge in [0.2, 0.25) is 0 Å². The third kappa shape index (κ3) is 3.72. The van der Waals surface area contributed by atoms with E-state index >= 15 is 0 Å². The molecule has 0 bridgehead atoms. The van der Waals surface area contributed by atoms with E-state index in [1.54, 1.807) is 0 Å². The summed E-state index contributed by atoms with van der Waals surface area (Å²) in [6.45, 7) is 5.94. The first-order valence-electron chi connectivity index (χ1n) is 6.73. The van der Waals surface area contributed by atoms with Crippen molar-refractivity contribution in [2.45, 2.75) is 51.8 Å². The molecule has 0 radical (unpaired) electrons. The van der Waals surface area contributed by atoms with E-state index in [4.69, 9.17) is 4.74 Å². The average molecular weight is 326 g/mol. The first kappa shape index (κ1) is 14.4. The van der Waals surface area contributed by atoms with Gasteiger partial charge in [0.05, 0.1) is 0 Å². The Kier molecular flexibility index (Phi) is 4.50. The maximum Gasteiger partial charge on any atom is 0.263 e. The summed E-state index contributed by atoms with van der Waals surface area (Å²) in [5, 5.41) is 0. The largest absolute Gasteiger partial charge is 0.481 e. The van der Waals surface area contributed by atoms with Crippen LogP contribution in [0, 0.1) is 0 Å². The van der Waals surface area contributed by atoms with Crippen molar-refractivity contribution in [1.29, 1.82) is 0 Å². The second-order valence-electron chi connectivity index (χ2n) is 5.28. The Hall–Kier alpha value is -1.03. The number of benzene rings is 1. The number of halogens is 1. The second kappa shape index (κ2) is 5.95. The predicted molar refractivity (Wildman–Crippen MR) is 79.2 cm³/mol. The molecule has 0 spiro atoms. The molecular formula is C15H20BrNO2. The maximum absolute atomic E-state index is 12.4. The summed E-state index contributed by atoms with van der Waals surface area (Å²) in [7, 11) is 0. The number of carbonyl (C=O) groups excluding carboxylic acids is 1. The van der Waals surface area contributed by atoms with Crippen molar-refractivity contribution in [3.63, 3.8) is 0 Å². The molecule has 1 atom stereocenters. The third-order valence-electron chi connectivity index (χ3n) is 3.23. The van der Waals surface area contributed by atoms with Crippen LogP contribution in [0.1, 0.15) is 33.6 Å². The maximum atomic E-state index is 12.4. The molecule has 1 aromatic rings. The molecule has 1 unspecified atom stereocenters. The van der Waals surface area contributed by atoms with Crippen LogP contribution in [0.25, 0.3) is 0 Å². The van der Waals surface area contributed by atoms with Crippen LogP contribution >= 0.6 is 15.9 Å². The summed E-state index contributed by atoms with van der Waals surface area (Å²) in [6.07, 6.45) is 1.80. The van der Waals surface area contributed by atoms with Gasteiger partial charge in [0, 0.05) is 16.6 Å². The van der Waals surface area contributed by atoms with Crippen LogP contribution < -0.4 is 4.74 Å². The van der Waals surface area contributed by atoms with Crippen LogP contribution in [-0.2, 0) is 4.79 Å². The Morgan fingerprint density at radius 3 is 2.32 bits per heavy atom. The molecule has 1 fully saturated rings. The normalized spacial score (nSPS) is 16.3. The SMILES string of the molecule is CC(Oc1ccc(Br)cc1)C(=O)N(C(C)C)C1CC1. The summed E-state index contributed by atoms with van der Waals surface area (Å²) in [6, 6.07) is 8.20. The van der Waals surface area contributed by atoms with E-state index in [2.05, 4.69) is 29.8 Å². The van der Waals surface area contributed by atoms with E-state index in [9.17, 15) is 4.79 Å². The smallest absolute Gasteiger partial charge is 0.263 e. The van der Waals surface area contributed by atoms with Gasteiger partial charge in [-0.2, -0.15) is 0 Å². The fraction of sp³-hybridized carbons (Fsp3) is 0.533. The molecule has 0 N–H and O–H groups in total. The van der Waals surface area contributed by atoms with Gasteiger partial charge in [-0.3, -0.25) is 4.79 Å². The molecule has 0 aliphatic heterocycles. The topological polar surface area (TPSA) is 29.5 Å². The van der Waals surface area contributed by atoms with Crippen LogP contribution in [0.3, 0.4) is 0 Å². The van der Waals surface area contributed by atoms with Crippen molar-refractivity contribution in [3.8, 4) is 5.75 Å². The van der Waals surface area contributed by atoms with Crippen molar-refractivity contribution in [2.75, 3.05) is 0 Å². The van der Waals surface area contributed by atoms with E-state index in [1.165, 1.54) is 0 Å². The lowest BCUT2D eigenvalue weighted by Crippen LogP contribution is -2.45. The lowest BCUT2D eigenvalue weighted by atomic mass is 10.2. The fourth-order valence-corrected chi connectivity index (χ4v) is 2.45. The lowest BCUT2D eigenvalue weighted by Gasteiger charge is -2.29. The molecule has 2 rings (SSSR count). The van der Waals surface area contributed by atoms with Crippen molar-refractivity contribution < 1.29 is 9.53 Å². The highest BCUT2D eigenvalue weighted by Gasteiger charge is 2.36. The van der Waals surface area contributed by atoms with Gasteiger partial charge in [-0.15, -0.1) is 0 Å². The van der Waals surface area contributed by atoms with Crippen molar-refractivity contribution in [3.05, 3.63) is 28.7 Å². The van der Waals surface area contributed by atoms with Crippen molar-refractivity contribution in [1.82, 2.24) is 4.90 Å². The first-order valence-corrected chi connectivity index (χ1v) is 7.52. The molecule has 0 saturated heterocycles. The molecule has 1 amide bonds. The Morgan fingerprint density at radius 1 is 1.26 bits per heavy atom. The van der Waals surface area contributed by atoms with E-state index in [0.29, 0.717) is 6.04 Å². The fourth-order valence-electron chi connectivity index (χ4n) is 2.19. The Morgan fingerprint density at radius 2 is 1.84 bits per heavy atom. The van der Waals surface area contributed by atoms with E-state index in [-0.39, 0.29) is 11.9 Å². The Balaban J connectivity index is 2.00. The molecule has 0 aromatic heterocycles. The number of nitrogens with zero attached hydrogens (tertiary/aromatic N) is 1. The first-order chi connectivity index (χ1) is 8.99. The summed E-state index contributed by atoms with van der Waals surface area (Å²) in [5.41, 5.74) is 0. The van der Waals surface area contributed by atoms with Crippen LogP contribution in [0.15, 0.2) is 28.7 Å². The molecule has 19 heavy (non-hydrogen) atoms.